The van der Waals surface area contributed by atoms with Crippen molar-refractivity contribution in [3.05, 3.63) is 39.0 Å². The van der Waals surface area contributed by atoms with Crippen LogP contribution in [0.1, 0.15) is 65.2 Å². The summed E-state index contributed by atoms with van der Waals surface area (Å²) in [5.74, 6) is 0.895. The number of rotatable bonds is 7. The minimum absolute atomic E-state index is 0.0207. The van der Waals surface area contributed by atoms with Gasteiger partial charge in [-0.2, -0.15) is 4.68 Å². The Morgan fingerprint density at radius 2 is 1.89 bits per heavy atom. The molecule has 0 radical (unpaired) electrons. The number of hydrogen-bond acceptors (Lipinski definition) is 5. The van der Waals surface area contributed by atoms with Crippen molar-refractivity contribution < 1.29 is 13.2 Å². The van der Waals surface area contributed by atoms with Crippen molar-refractivity contribution in [1.29, 1.82) is 0 Å². The first-order valence-corrected chi connectivity index (χ1v) is 14.1. The van der Waals surface area contributed by atoms with Crippen molar-refractivity contribution >= 4 is 26.8 Å². The molecule has 6 rings (SSSR count). The van der Waals surface area contributed by atoms with E-state index in [9.17, 15) is 22.8 Å². The number of aromatic nitrogens is 2. The molecule has 1 aromatic carbocycles. The van der Waals surface area contributed by atoms with E-state index in [1.165, 1.54) is 12.1 Å². The second kappa shape index (κ2) is 7.52. The lowest BCUT2D eigenvalue weighted by molar-refractivity contribution is -0.120. The lowest BCUT2D eigenvalue weighted by atomic mass is 9.82. The van der Waals surface area contributed by atoms with Gasteiger partial charge in [0.05, 0.1) is 21.2 Å². The number of nitrogens with zero attached hydrogens (tertiary/aromatic N) is 2. The Morgan fingerprint density at radius 1 is 1.17 bits per heavy atom. The van der Waals surface area contributed by atoms with Crippen molar-refractivity contribution in [3.8, 4) is 0 Å². The highest BCUT2D eigenvalue weighted by Crippen LogP contribution is 2.75. The van der Waals surface area contributed by atoms with Gasteiger partial charge in [0.1, 0.15) is 0 Å². The molecule has 188 valence electrons. The number of hydrogen-bond donors (Lipinski definition) is 2. The van der Waals surface area contributed by atoms with Crippen molar-refractivity contribution in [2.75, 3.05) is 5.43 Å². The Labute approximate surface area is 203 Å². The Morgan fingerprint density at radius 3 is 2.51 bits per heavy atom. The Kier molecular flexibility index (Phi) is 4.94. The molecular formula is C25H32N4O5S. The molecule has 2 N–H and O–H groups in total. The summed E-state index contributed by atoms with van der Waals surface area (Å²) >= 11 is 0. The number of amides is 1. The first-order chi connectivity index (χ1) is 16.5. The van der Waals surface area contributed by atoms with Gasteiger partial charge in [0.2, 0.25) is 15.9 Å². The maximum absolute atomic E-state index is 13.5. The van der Waals surface area contributed by atoms with Crippen molar-refractivity contribution in [2.45, 2.75) is 82.2 Å². The van der Waals surface area contributed by atoms with Crippen LogP contribution < -0.4 is 21.4 Å². The van der Waals surface area contributed by atoms with Crippen LogP contribution in [0.4, 0.5) is 0 Å². The van der Waals surface area contributed by atoms with Crippen molar-refractivity contribution in [3.63, 3.8) is 0 Å². The number of carbonyl (C=O) groups excluding carboxylic acids is 1. The molecule has 10 heteroatoms. The normalized spacial score (nSPS) is 30.5. The fraction of sp³-hybridized carbons (Fsp3) is 0.640. The van der Waals surface area contributed by atoms with Crippen LogP contribution in [0.15, 0.2) is 32.7 Å². The van der Waals surface area contributed by atoms with Gasteiger partial charge in [-0.05, 0) is 81.4 Å². The van der Waals surface area contributed by atoms with Crippen LogP contribution in [0.25, 0.3) is 10.9 Å². The number of carbonyl (C=O) groups is 1. The van der Waals surface area contributed by atoms with Crippen LogP contribution in [0.3, 0.4) is 0 Å². The summed E-state index contributed by atoms with van der Waals surface area (Å²) < 4.78 is 31.0. The lowest BCUT2D eigenvalue weighted by Crippen LogP contribution is -2.48. The molecule has 0 spiro atoms. The van der Waals surface area contributed by atoms with Gasteiger partial charge in [-0.1, -0.05) is 19.8 Å². The molecule has 4 aliphatic rings. The summed E-state index contributed by atoms with van der Waals surface area (Å²) in [4.78, 5) is 39.7. The molecule has 4 saturated carbocycles. The monoisotopic (exact) mass is 500 g/mol. The van der Waals surface area contributed by atoms with Crippen LogP contribution in [0, 0.1) is 23.2 Å². The Bertz CT molecular complexity index is 1460. The van der Waals surface area contributed by atoms with E-state index in [1.807, 2.05) is 6.92 Å². The highest BCUT2D eigenvalue weighted by Gasteiger charge is 2.74. The molecule has 2 aromatic rings. The number of benzene rings is 1. The Balaban J connectivity index is 1.45. The Hall–Kier alpha value is -2.46. The first kappa shape index (κ1) is 23.0. The van der Waals surface area contributed by atoms with E-state index >= 15 is 0 Å². The lowest BCUT2D eigenvalue weighted by Gasteiger charge is -2.28. The van der Waals surface area contributed by atoms with E-state index < -0.39 is 32.2 Å². The number of fused-ring (bicyclic) bond motifs is 2. The molecule has 0 saturated heterocycles. The summed E-state index contributed by atoms with van der Waals surface area (Å²) in [7, 11) is -3.84. The van der Waals surface area contributed by atoms with Crippen LogP contribution in [0.5, 0.6) is 0 Å². The van der Waals surface area contributed by atoms with E-state index in [1.54, 1.807) is 10.6 Å². The van der Waals surface area contributed by atoms with Crippen LogP contribution in [-0.2, 0) is 21.4 Å². The fourth-order valence-electron chi connectivity index (χ4n) is 5.74. The van der Waals surface area contributed by atoms with Crippen molar-refractivity contribution in [1.82, 2.24) is 14.0 Å². The zero-order valence-corrected chi connectivity index (χ0v) is 21.0. The summed E-state index contributed by atoms with van der Waals surface area (Å²) in [6.45, 7) is 4.48. The van der Waals surface area contributed by atoms with Gasteiger partial charge in [0.25, 0.3) is 5.56 Å². The van der Waals surface area contributed by atoms with Gasteiger partial charge in [-0.25, -0.2) is 17.9 Å². The minimum Gasteiger partial charge on any atom is -0.291 e. The van der Waals surface area contributed by atoms with Gasteiger partial charge < -0.3 is 0 Å². The van der Waals surface area contributed by atoms with Crippen LogP contribution in [-0.4, -0.2) is 29.1 Å². The summed E-state index contributed by atoms with van der Waals surface area (Å²) in [6, 6.07) is 4.34. The molecular weight excluding hydrogens is 468 g/mol. The van der Waals surface area contributed by atoms with Gasteiger partial charge in [0, 0.05) is 12.1 Å². The average Bonchev–Trinajstić information content (AvgIpc) is 3.71. The standard InChI is InChI=1S/C25H32N4O5S/c1-15-4-3-5-16(10-15)14-28-20-7-6-18(35(33,34)27-24(2)8-9-24)11-19(20)21(30)29(23(28)32)26-22(31)25-12-17(25)13-25/h6-7,11,15-17,27H,3-5,8-10,12-14H2,1-2H3,(H,26,31). The number of sulfonamides is 1. The van der Waals surface area contributed by atoms with Crippen LogP contribution in [0.2, 0.25) is 0 Å². The van der Waals surface area contributed by atoms with E-state index in [-0.39, 0.29) is 22.1 Å². The molecule has 1 amide bonds. The maximum atomic E-state index is 13.5. The molecule has 1 heterocycles. The highest BCUT2D eigenvalue weighted by molar-refractivity contribution is 7.89. The zero-order chi connectivity index (χ0) is 24.8. The third-order valence-electron chi connectivity index (χ3n) is 8.64. The number of nitrogens with one attached hydrogen (secondary N) is 2. The summed E-state index contributed by atoms with van der Waals surface area (Å²) in [6.07, 6.45) is 7.35. The molecule has 4 fully saturated rings. The predicted octanol–water partition coefficient (Wildman–Crippen LogP) is 2.30. The van der Waals surface area contributed by atoms with Crippen molar-refractivity contribution in [2.24, 2.45) is 23.2 Å². The van der Waals surface area contributed by atoms with Gasteiger partial charge >= 0.3 is 5.69 Å². The third-order valence-corrected chi connectivity index (χ3v) is 10.3. The van der Waals surface area contributed by atoms with Crippen LogP contribution >= 0.6 is 0 Å². The molecule has 1 aromatic heterocycles. The largest absolute Gasteiger partial charge is 0.350 e. The maximum Gasteiger partial charge on any atom is 0.350 e. The average molecular weight is 501 g/mol. The van der Waals surface area contributed by atoms with E-state index in [0.717, 1.165) is 56.0 Å². The van der Waals surface area contributed by atoms with E-state index in [2.05, 4.69) is 17.1 Å². The second-order valence-corrected chi connectivity index (χ2v) is 13.4. The molecule has 9 nitrogen and oxygen atoms in total. The fourth-order valence-corrected chi connectivity index (χ4v) is 7.23. The molecule has 0 aliphatic heterocycles. The first-order valence-electron chi connectivity index (χ1n) is 12.7. The summed E-state index contributed by atoms with van der Waals surface area (Å²) in [5, 5.41) is 0.109. The third kappa shape index (κ3) is 3.94. The van der Waals surface area contributed by atoms with Gasteiger partial charge in [0.15, 0.2) is 0 Å². The molecule has 4 aliphatic carbocycles. The summed E-state index contributed by atoms with van der Waals surface area (Å²) in [5.41, 5.74) is 0.819. The minimum atomic E-state index is -3.84. The zero-order valence-electron chi connectivity index (χ0n) is 20.2. The van der Waals surface area contributed by atoms with E-state index in [4.69, 9.17) is 0 Å². The molecule has 2 unspecified atom stereocenters. The second-order valence-electron chi connectivity index (χ2n) is 11.7. The predicted molar refractivity (Wildman–Crippen MR) is 131 cm³/mol. The molecule has 35 heavy (non-hydrogen) atoms. The quantitative estimate of drug-likeness (QED) is 0.605. The molecule has 2 atom stereocenters. The smallest absolute Gasteiger partial charge is 0.291 e. The van der Waals surface area contributed by atoms with Gasteiger partial charge in [-0.15, -0.1) is 0 Å². The SMILES string of the molecule is CC1CCCC(Cn2c(=O)n(NC(=O)C34CC3C4)c(=O)c3cc(S(=O)(=O)NC4(C)CC4)ccc32)C1. The van der Waals surface area contributed by atoms with Gasteiger partial charge in [-0.3, -0.25) is 19.6 Å². The highest BCUT2D eigenvalue weighted by atomic mass is 32.2. The topological polar surface area (TPSA) is 119 Å². The molecule has 0 bridgehead atoms. The van der Waals surface area contributed by atoms with E-state index in [0.29, 0.717) is 23.9 Å².